The summed E-state index contributed by atoms with van der Waals surface area (Å²) in [6.45, 7) is 0.829. The van der Waals surface area contributed by atoms with Crippen LogP contribution in [-0.2, 0) is 6.42 Å². The molecule has 1 atom stereocenters. The van der Waals surface area contributed by atoms with Crippen molar-refractivity contribution in [2.24, 2.45) is 0 Å². The number of hydrogen-bond acceptors (Lipinski definition) is 4. The highest BCUT2D eigenvalue weighted by Gasteiger charge is 2.12. The molecule has 1 aromatic heterocycles. The van der Waals surface area contributed by atoms with Crippen molar-refractivity contribution in [3.05, 3.63) is 59.9 Å². The van der Waals surface area contributed by atoms with Gasteiger partial charge in [-0.2, -0.15) is 5.26 Å². The Kier molecular flexibility index (Phi) is 5.30. The van der Waals surface area contributed by atoms with Crippen LogP contribution in [0, 0.1) is 11.3 Å². The van der Waals surface area contributed by atoms with E-state index in [0.29, 0.717) is 11.7 Å². The van der Waals surface area contributed by atoms with Crippen LogP contribution in [0.2, 0.25) is 0 Å². The van der Waals surface area contributed by atoms with E-state index >= 15 is 0 Å². The molecule has 21 heavy (non-hydrogen) atoms. The molecule has 0 aliphatic rings. The first-order valence-electron chi connectivity index (χ1n) is 6.99. The summed E-state index contributed by atoms with van der Waals surface area (Å²) >= 11 is 0. The number of likely N-dealkylation sites (N-methyl/N-ethyl adjacent to an activating group) is 1. The molecule has 108 valence electrons. The van der Waals surface area contributed by atoms with Gasteiger partial charge in [0.25, 0.3) is 0 Å². The van der Waals surface area contributed by atoms with Crippen molar-refractivity contribution in [2.45, 2.75) is 12.5 Å². The van der Waals surface area contributed by atoms with Crippen LogP contribution < -0.4 is 5.32 Å². The standard InChI is InChI=1S/C17H20N4/c1-21(2)17(10-14-6-4-3-5-7-14)13-20-16-9-8-15(11-18)19-12-16/h3-9,12,17,20H,10,13H2,1-2H3. The van der Waals surface area contributed by atoms with Crippen LogP contribution in [0.15, 0.2) is 48.7 Å². The van der Waals surface area contributed by atoms with E-state index < -0.39 is 0 Å². The highest BCUT2D eigenvalue weighted by molar-refractivity contribution is 5.42. The normalized spacial score (nSPS) is 11.9. The number of nitriles is 1. The minimum absolute atomic E-state index is 0.392. The molecular weight excluding hydrogens is 260 g/mol. The van der Waals surface area contributed by atoms with E-state index in [1.165, 1.54) is 5.56 Å². The Labute approximate surface area is 126 Å². The second-order valence-electron chi connectivity index (χ2n) is 5.23. The first-order valence-corrected chi connectivity index (χ1v) is 6.99. The van der Waals surface area contributed by atoms with Gasteiger partial charge in [-0.15, -0.1) is 0 Å². The molecular formula is C17H20N4. The molecule has 0 bridgehead atoms. The fourth-order valence-corrected chi connectivity index (χ4v) is 2.12. The molecule has 0 aliphatic heterocycles. The highest BCUT2D eigenvalue weighted by Crippen LogP contribution is 2.10. The lowest BCUT2D eigenvalue weighted by Crippen LogP contribution is -2.36. The average molecular weight is 280 g/mol. The molecule has 2 rings (SSSR count). The molecule has 0 amide bonds. The number of rotatable bonds is 6. The summed E-state index contributed by atoms with van der Waals surface area (Å²) in [5.41, 5.74) is 2.71. The molecule has 0 saturated carbocycles. The Morgan fingerprint density at radius 1 is 1.19 bits per heavy atom. The maximum absolute atomic E-state index is 8.74. The molecule has 1 unspecified atom stereocenters. The van der Waals surface area contributed by atoms with E-state index in [9.17, 15) is 0 Å². The van der Waals surface area contributed by atoms with Gasteiger partial charge in [0.15, 0.2) is 0 Å². The van der Waals surface area contributed by atoms with Crippen molar-refractivity contribution >= 4 is 5.69 Å². The first kappa shape index (κ1) is 15.0. The first-order chi connectivity index (χ1) is 10.2. The largest absolute Gasteiger partial charge is 0.382 e. The molecule has 0 saturated heterocycles. The Morgan fingerprint density at radius 3 is 2.52 bits per heavy atom. The van der Waals surface area contributed by atoms with Gasteiger partial charge in [-0.25, -0.2) is 4.98 Å². The number of anilines is 1. The van der Waals surface area contributed by atoms with Gasteiger partial charge in [-0.1, -0.05) is 30.3 Å². The predicted molar refractivity (Wildman–Crippen MR) is 85.1 cm³/mol. The Morgan fingerprint density at radius 2 is 1.95 bits per heavy atom. The van der Waals surface area contributed by atoms with Crippen LogP contribution in [0.25, 0.3) is 0 Å². The van der Waals surface area contributed by atoms with Crippen LogP contribution in [0.5, 0.6) is 0 Å². The number of nitrogens with zero attached hydrogens (tertiary/aromatic N) is 3. The zero-order valence-electron chi connectivity index (χ0n) is 12.5. The van der Waals surface area contributed by atoms with E-state index in [1.807, 2.05) is 18.2 Å². The number of hydrogen-bond donors (Lipinski definition) is 1. The maximum atomic E-state index is 8.74. The van der Waals surface area contributed by atoms with Crippen molar-refractivity contribution in [3.8, 4) is 6.07 Å². The summed E-state index contributed by atoms with van der Waals surface area (Å²) < 4.78 is 0. The number of pyridine rings is 1. The summed E-state index contributed by atoms with van der Waals surface area (Å²) in [5.74, 6) is 0. The van der Waals surface area contributed by atoms with Crippen molar-refractivity contribution in [1.29, 1.82) is 5.26 Å². The minimum atomic E-state index is 0.392. The van der Waals surface area contributed by atoms with E-state index in [1.54, 1.807) is 12.3 Å². The topological polar surface area (TPSA) is 52.0 Å². The third kappa shape index (κ3) is 4.59. The third-order valence-electron chi connectivity index (χ3n) is 3.46. The maximum Gasteiger partial charge on any atom is 0.140 e. The number of aromatic nitrogens is 1. The molecule has 4 nitrogen and oxygen atoms in total. The van der Waals surface area contributed by atoms with Crippen LogP contribution in [0.1, 0.15) is 11.3 Å². The minimum Gasteiger partial charge on any atom is -0.382 e. The fraction of sp³-hybridized carbons (Fsp3) is 0.294. The Balaban J connectivity index is 1.95. The number of nitrogens with one attached hydrogen (secondary N) is 1. The summed E-state index contributed by atoms with van der Waals surface area (Å²) in [6, 6.07) is 16.5. The van der Waals surface area contributed by atoms with Crippen molar-refractivity contribution in [3.63, 3.8) is 0 Å². The van der Waals surface area contributed by atoms with E-state index in [-0.39, 0.29) is 0 Å². The third-order valence-corrected chi connectivity index (χ3v) is 3.46. The van der Waals surface area contributed by atoms with Gasteiger partial charge in [0.2, 0.25) is 0 Å². The van der Waals surface area contributed by atoms with Crippen molar-refractivity contribution in [1.82, 2.24) is 9.88 Å². The SMILES string of the molecule is CN(C)C(CNc1ccc(C#N)nc1)Cc1ccccc1. The lowest BCUT2D eigenvalue weighted by Gasteiger charge is -2.25. The van der Waals surface area contributed by atoms with Gasteiger partial charge in [-0.05, 0) is 38.2 Å². The molecule has 0 aliphatic carbocycles. The van der Waals surface area contributed by atoms with E-state index in [2.05, 4.69) is 53.6 Å². The Hall–Kier alpha value is -2.38. The second kappa shape index (κ2) is 7.41. The zero-order chi connectivity index (χ0) is 15.1. The molecule has 2 aromatic rings. The molecule has 1 heterocycles. The molecule has 0 radical (unpaired) electrons. The molecule has 0 spiro atoms. The van der Waals surface area contributed by atoms with Crippen molar-refractivity contribution < 1.29 is 0 Å². The summed E-state index contributed by atoms with van der Waals surface area (Å²) in [6.07, 6.45) is 2.69. The van der Waals surface area contributed by atoms with Gasteiger partial charge in [0.05, 0.1) is 11.9 Å². The van der Waals surface area contributed by atoms with E-state index in [4.69, 9.17) is 5.26 Å². The Bertz CT molecular complexity index is 584. The smallest absolute Gasteiger partial charge is 0.140 e. The molecule has 0 fully saturated rings. The zero-order valence-corrected chi connectivity index (χ0v) is 12.5. The summed E-state index contributed by atoms with van der Waals surface area (Å²) in [7, 11) is 4.18. The molecule has 1 N–H and O–H groups in total. The number of benzene rings is 1. The highest BCUT2D eigenvalue weighted by atomic mass is 15.1. The predicted octanol–water partition coefficient (Wildman–Crippen LogP) is 2.54. The second-order valence-corrected chi connectivity index (χ2v) is 5.23. The van der Waals surface area contributed by atoms with Crippen LogP contribution in [-0.4, -0.2) is 36.6 Å². The molecule has 4 heteroatoms. The van der Waals surface area contributed by atoms with Gasteiger partial charge in [-0.3, -0.25) is 0 Å². The van der Waals surface area contributed by atoms with Gasteiger partial charge in [0.1, 0.15) is 11.8 Å². The fourth-order valence-electron chi connectivity index (χ4n) is 2.12. The quantitative estimate of drug-likeness (QED) is 0.883. The molecule has 1 aromatic carbocycles. The average Bonchev–Trinajstić information content (AvgIpc) is 2.52. The van der Waals surface area contributed by atoms with Gasteiger partial charge >= 0.3 is 0 Å². The summed E-state index contributed by atoms with van der Waals surface area (Å²) in [4.78, 5) is 6.29. The van der Waals surface area contributed by atoms with Crippen molar-refractivity contribution in [2.75, 3.05) is 26.0 Å². The lowest BCUT2D eigenvalue weighted by molar-refractivity contribution is 0.303. The van der Waals surface area contributed by atoms with Crippen LogP contribution >= 0.6 is 0 Å². The monoisotopic (exact) mass is 280 g/mol. The van der Waals surface area contributed by atoms with E-state index in [0.717, 1.165) is 18.7 Å². The van der Waals surface area contributed by atoms with Gasteiger partial charge in [0, 0.05) is 12.6 Å². The van der Waals surface area contributed by atoms with Crippen LogP contribution in [0.3, 0.4) is 0 Å². The summed E-state index contributed by atoms with van der Waals surface area (Å²) in [5, 5.41) is 12.1. The van der Waals surface area contributed by atoms with Crippen LogP contribution in [0.4, 0.5) is 5.69 Å². The lowest BCUT2D eigenvalue weighted by atomic mass is 10.1. The van der Waals surface area contributed by atoms with Gasteiger partial charge < -0.3 is 10.2 Å².